The quantitative estimate of drug-likeness (QED) is 0.495. The number of aryl methyl sites for hydroxylation is 1. The van der Waals surface area contributed by atoms with Crippen molar-refractivity contribution in [3.05, 3.63) is 58.1 Å². The number of ether oxygens (including phenoxy) is 2. The fourth-order valence-corrected chi connectivity index (χ4v) is 4.10. The zero-order valence-electron chi connectivity index (χ0n) is 18.5. The number of aromatic nitrogens is 3. The van der Waals surface area contributed by atoms with E-state index in [0.29, 0.717) is 44.0 Å². The number of para-hydroxylation sites is 2. The highest BCUT2D eigenvalue weighted by Crippen LogP contribution is 2.29. The van der Waals surface area contributed by atoms with E-state index in [1.807, 2.05) is 24.1 Å². The first-order valence-corrected chi connectivity index (χ1v) is 10.8. The third-order valence-electron chi connectivity index (χ3n) is 5.81. The van der Waals surface area contributed by atoms with Crippen LogP contribution in [0.5, 0.6) is 0 Å². The van der Waals surface area contributed by atoms with Gasteiger partial charge in [-0.3, -0.25) is 9.36 Å². The average molecular weight is 441 g/mol. The summed E-state index contributed by atoms with van der Waals surface area (Å²) >= 11 is 0. The molecule has 1 saturated heterocycles. The Morgan fingerprint density at radius 3 is 2.78 bits per heavy atom. The monoisotopic (exact) mass is 440 g/mol. The number of benzene rings is 1. The number of amides is 1. The Bertz CT molecular complexity index is 1130. The van der Waals surface area contributed by atoms with Gasteiger partial charge < -0.3 is 18.8 Å². The van der Waals surface area contributed by atoms with Crippen LogP contribution < -0.4 is 5.76 Å². The SMILES string of the molecule is COCCOCc1cnc(C)nc1C1CCN(C(=O)Cn2c(=O)oc3ccccc32)CC1. The second-order valence-corrected chi connectivity index (χ2v) is 7.95. The Labute approximate surface area is 186 Å². The first-order valence-electron chi connectivity index (χ1n) is 10.8. The van der Waals surface area contributed by atoms with Crippen molar-refractivity contribution in [1.29, 1.82) is 0 Å². The summed E-state index contributed by atoms with van der Waals surface area (Å²) in [6.07, 6.45) is 3.43. The number of carbonyl (C=O) groups is 1. The van der Waals surface area contributed by atoms with E-state index in [0.717, 1.165) is 29.9 Å². The van der Waals surface area contributed by atoms with E-state index in [2.05, 4.69) is 9.97 Å². The number of methoxy groups -OCH3 is 1. The molecule has 0 atom stereocenters. The number of fused-ring (bicyclic) bond motifs is 1. The molecule has 1 aliphatic rings. The second-order valence-electron chi connectivity index (χ2n) is 7.95. The minimum absolute atomic E-state index is 0.0221. The molecule has 1 amide bonds. The van der Waals surface area contributed by atoms with E-state index in [-0.39, 0.29) is 18.4 Å². The van der Waals surface area contributed by atoms with Gasteiger partial charge in [0.05, 0.1) is 31.0 Å². The van der Waals surface area contributed by atoms with Crippen LogP contribution >= 0.6 is 0 Å². The highest BCUT2D eigenvalue weighted by molar-refractivity contribution is 5.79. The standard InChI is InChI=1S/C23H28N4O5/c1-16-24-13-18(15-31-12-11-30-2)22(25-16)17-7-9-26(10-8-17)21(28)14-27-19-5-3-4-6-20(19)32-23(27)29/h3-6,13,17H,7-12,14-15H2,1-2H3. The first kappa shape index (κ1) is 22.2. The molecule has 9 nitrogen and oxygen atoms in total. The van der Waals surface area contributed by atoms with Crippen LogP contribution in [-0.2, 0) is 27.4 Å². The van der Waals surface area contributed by atoms with Crippen LogP contribution in [0.1, 0.15) is 35.8 Å². The smallest absolute Gasteiger partial charge is 0.408 e. The highest BCUT2D eigenvalue weighted by atomic mass is 16.5. The largest absolute Gasteiger partial charge is 0.420 e. The molecule has 0 radical (unpaired) electrons. The number of carbonyl (C=O) groups excluding carboxylic acids is 1. The van der Waals surface area contributed by atoms with Gasteiger partial charge in [0.2, 0.25) is 5.91 Å². The normalized spacial score (nSPS) is 14.9. The lowest BCUT2D eigenvalue weighted by Crippen LogP contribution is -2.41. The van der Waals surface area contributed by atoms with Gasteiger partial charge in [-0.2, -0.15) is 0 Å². The first-order chi connectivity index (χ1) is 15.6. The van der Waals surface area contributed by atoms with Crippen molar-refractivity contribution < 1.29 is 18.7 Å². The molecule has 0 unspecified atom stereocenters. The van der Waals surface area contributed by atoms with Crippen LogP contribution in [0.3, 0.4) is 0 Å². The predicted molar refractivity (Wildman–Crippen MR) is 117 cm³/mol. The van der Waals surface area contributed by atoms with Crippen LogP contribution in [-0.4, -0.2) is 58.8 Å². The summed E-state index contributed by atoms with van der Waals surface area (Å²) in [7, 11) is 1.64. The Kier molecular flexibility index (Phi) is 6.96. The Hall–Kier alpha value is -3.04. The number of hydrogen-bond acceptors (Lipinski definition) is 7. The highest BCUT2D eigenvalue weighted by Gasteiger charge is 2.27. The van der Waals surface area contributed by atoms with Gasteiger partial charge in [0, 0.05) is 37.9 Å². The fourth-order valence-electron chi connectivity index (χ4n) is 4.10. The van der Waals surface area contributed by atoms with Crippen LogP contribution in [0.4, 0.5) is 0 Å². The summed E-state index contributed by atoms with van der Waals surface area (Å²) in [5, 5.41) is 0. The van der Waals surface area contributed by atoms with E-state index in [9.17, 15) is 9.59 Å². The maximum absolute atomic E-state index is 12.9. The molecule has 0 saturated carbocycles. The lowest BCUT2D eigenvalue weighted by Gasteiger charge is -2.32. The summed E-state index contributed by atoms with van der Waals surface area (Å²) in [6, 6.07) is 7.13. The minimum Gasteiger partial charge on any atom is -0.408 e. The molecular formula is C23H28N4O5. The molecule has 1 fully saturated rings. The third kappa shape index (κ3) is 4.89. The van der Waals surface area contributed by atoms with Crippen molar-refractivity contribution in [3.8, 4) is 0 Å². The molecule has 3 heterocycles. The summed E-state index contributed by atoms with van der Waals surface area (Å²) in [5.41, 5.74) is 3.10. The molecule has 2 aromatic heterocycles. The molecule has 9 heteroatoms. The molecule has 0 N–H and O–H groups in total. The Morgan fingerprint density at radius 1 is 1.22 bits per heavy atom. The molecule has 0 spiro atoms. The van der Waals surface area contributed by atoms with Gasteiger partial charge in [0.15, 0.2) is 5.58 Å². The molecule has 170 valence electrons. The number of rotatable bonds is 8. The zero-order chi connectivity index (χ0) is 22.5. The van der Waals surface area contributed by atoms with E-state index in [1.54, 1.807) is 25.3 Å². The van der Waals surface area contributed by atoms with E-state index in [1.165, 1.54) is 4.57 Å². The van der Waals surface area contributed by atoms with Crippen LogP contribution in [0, 0.1) is 6.92 Å². The predicted octanol–water partition coefficient (Wildman–Crippen LogP) is 2.26. The number of likely N-dealkylation sites (tertiary alicyclic amines) is 1. The average Bonchev–Trinajstić information content (AvgIpc) is 3.12. The van der Waals surface area contributed by atoms with E-state index >= 15 is 0 Å². The summed E-state index contributed by atoms with van der Waals surface area (Å²) in [6.45, 7) is 4.57. The minimum atomic E-state index is -0.510. The van der Waals surface area contributed by atoms with Crippen molar-refractivity contribution >= 4 is 17.0 Å². The molecule has 0 aliphatic carbocycles. The van der Waals surface area contributed by atoms with Crippen LogP contribution in [0.2, 0.25) is 0 Å². The van der Waals surface area contributed by atoms with Gasteiger partial charge >= 0.3 is 5.76 Å². The maximum atomic E-state index is 12.9. The van der Waals surface area contributed by atoms with Crippen molar-refractivity contribution in [2.24, 2.45) is 0 Å². The topological polar surface area (TPSA) is 99.7 Å². The van der Waals surface area contributed by atoms with Gasteiger partial charge in [0.1, 0.15) is 12.4 Å². The molecule has 1 aromatic carbocycles. The number of oxazole rings is 1. The van der Waals surface area contributed by atoms with E-state index in [4.69, 9.17) is 13.9 Å². The number of nitrogens with zero attached hydrogens (tertiary/aromatic N) is 4. The van der Waals surface area contributed by atoms with Crippen molar-refractivity contribution in [1.82, 2.24) is 19.4 Å². The van der Waals surface area contributed by atoms with Crippen LogP contribution in [0.15, 0.2) is 39.7 Å². The van der Waals surface area contributed by atoms with Gasteiger partial charge in [-0.1, -0.05) is 12.1 Å². The van der Waals surface area contributed by atoms with Crippen molar-refractivity contribution in [2.45, 2.75) is 38.8 Å². The van der Waals surface area contributed by atoms with Gasteiger partial charge in [-0.05, 0) is 31.9 Å². The van der Waals surface area contributed by atoms with Crippen molar-refractivity contribution in [2.75, 3.05) is 33.4 Å². The summed E-state index contributed by atoms with van der Waals surface area (Å²) in [4.78, 5) is 35.9. The zero-order valence-corrected chi connectivity index (χ0v) is 18.5. The Balaban J connectivity index is 1.40. The van der Waals surface area contributed by atoms with Crippen molar-refractivity contribution in [3.63, 3.8) is 0 Å². The van der Waals surface area contributed by atoms with Gasteiger partial charge in [-0.25, -0.2) is 14.8 Å². The molecule has 3 aromatic rings. The lowest BCUT2D eigenvalue weighted by molar-refractivity contribution is -0.132. The summed E-state index contributed by atoms with van der Waals surface area (Å²) < 4.78 is 17.3. The molecular weight excluding hydrogens is 412 g/mol. The third-order valence-corrected chi connectivity index (χ3v) is 5.81. The number of piperidine rings is 1. The lowest BCUT2D eigenvalue weighted by atomic mass is 9.91. The fraction of sp³-hybridized carbons (Fsp3) is 0.478. The Morgan fingerprint density at radius 2 is 2.00 bits per heavy atom. The molecule has 32 heavy (non-hydrogen) atoms. The van der Waals surface area contributed by atoms with Crippen LogP contribution in [0.25, 0.3) is 11.1 Å². The molecule has 1 aliphatic heterocycles. The maximum Gasteiger partial charge on any atom is 0.420 e. The van der Waals surface area contributed by atoms with Gasteiger partial charge in [-0.15, -0.1) is 0 Å². The summed E-state index contributed by atoms with van der Waals surface area (Å²) in [5.74, 6) is 0.368. The number of hydrogen-bond donors (Lipinski definition) is 0. The molecule has 0 bridgehead atoms. The second kappa shape index (κ2) is 10.1. The molecule has 4 rings (SSSR count). The van der Waals surface area contributed by atoms with E-state index < -0.39 is 5.76 Å². The van der Waals surface area contributed by atoms with Gasteiger partial charge in [0.25, 0.3) is 0 Å².